The number of rotatable bonds is 5. The number of nitrogens with zero attached hydrogens (tertiary/aromatic N) is 7. The molecule has 4 aromatic rings. The third kappa shape index (κ3) is 4.15. The second kappa shape index (κ2) is 8.94. The Balaban J connectivity index is 1.24. The van der Waals surface area contributed by atoms with E-state index in [1.165, 1.54) is 23.7 Å². The maximum absolute atomic E-state index is 13.8. The molecule has 0 spiro atoms. The quantitative estimate of drug-likeness (QED) is 0.390. The minimum absolute atomic E-state index is 0.0934. The standard InChI is InChI=1S/C29H30F2N8O/c1-18-12-22-21(13-24(18)37-14-23(32-15-37)19-6-7-19)27(40)38(16-33-22)26-5-3-4-25(35-26)28(2)36-34-17-39(28)20-8-10-29(30,31)11-9-20/h3-5,12-17,19-20,36H,6-11H2,1-2H3. The monoisotopic (exact) mass is 544 g/mol. The summed E-state index contributed by atoms with van der Waals surface area (Å²) < 4.78 is 31.1. The number of fused-ring (bicyclic) bond motifs is 1. The molecule has 0 radical (unpaired) electrons. The zero-order valence-electron chi connectivity index (χ0n) is 22.4. The van der Waals surface area contributed by atoms with E-state index in [2.05, 4.69) is 20.5 Å². The second-order valence-electron chi connectivity index (χ2n) is 11.4. The molecule has 0 saturated heterocycles. The molecule has 9 nitrogen and oxygen atoms in total. The highest BCUT2D eigenvalue weighted by Gasteiger charge is 2.45. The number of aryl methyl sites for hydroxylation is 1. The van der Waals surface area contributed by atoms with Crippen molar-refractivity contribution in [1.82, 2.24) is 34.4 Å². The molecule has 40 heavy (non-hydrogen) atoms. The third-order valence-electron chi connectivity index (χ3n) is 8.49. The SMILES string of the molecule is Cc1cc2ncn(-c3cccc(C4(C)NN=CN4C4CCC(F)(F)CC4)n3)c(=O)c2cc1-n1cnc(C2CC2)c1. The highest BCUT2D eigenvalue weighted by molar-refractivity contribution is 5.81. The number of halogens is 2. The van der Waals surface area contributed by atoms with Gasteiger partial charge in [-0.3, -0.25) is 14.8 Å². The zero-order chi connectivity index (χ0) is 27.6. The van der Waals surface area contributed by atoms with E-state index >= 15 is 0 Å². The predicted octanol–water partition coefficient (Wildman–Crippen LogP) is 4.75. The topological polar surface area (TPSA) is 93.2 Å². The summed E-state index contributed by atoms with van der Waals surface area (Å²) in [4.78, 5) is 29.7. The van der Waals surface area contributed by atoms with E-state index in [1.54, 1.807) is 18.7 Å². The number of imidazole rings is 1. The van der Waals surface area contributed by atoms with Crippen LogP contribution in [0.15, 0.2) is 59.1 Å². The number of pyridine rings is 1. The van der Waals surface area contributed by atoms with Crippen LogP contribution < -0.4 is 11.0 Å². The van der Waals surface area contributed by atoms with E-state index in [9.17, 15) is 13.6 Å². The van der Waals surface area contributed by atoms with Gasteiger partial charge in [0.15, 0.2) is 5.66 Å². The van der Waals surface area contributed by atoms with E-state index in [0.29, 0.717) is 41.2 Å². The lowest BCUT2D eigenvalue weighted by Gasteiger charge is -2.42. The Labute approximate surface area is 229 Å². The van der Waals surface area contributed by atoms with Crippen LogP contribution in [-0.4, -0.2) is 47.3 Å². The molecule has 3 aliphatic rings. The van der Waals surface area contributed by atoms with Crippen molar-refractivity contribution >= 4 is 17.2 Å². The van der Waals surface area contributed by atoms with Gasteiger partial charge in [-0.15, -0.1) is 0 Å². The molecule has 2 aliphatic carbocycles. The van der Waals surface area contributed by atoms with Crippen LogP contribution in [0.25, 0.3) is 22.4 Å². The van der Waals surface area contributed by atoms with Crippen LogP contribution >= 0.6 is 0 Å². The minimum Gasteiger partial charge on any atom is -0.329 e. The van der Waals surface area contributed by atoms with Crippen LogP contribution in [0.1, 0.15) is 68.3 Å². The van der Waals surface area contributed by atoms with Crippen molar-refractivity contribution in [3.05, 3.63) is 76.5 Å². The summed E-state index contributed by atoms with van der Waals surface area (Å²) in [5.41, 5.74) is 6.25. The molecule has 2 saturated carbocycles. The maximum Gasteiger partial charge on any atom is 0.267 e. The number of hydrogen-bond donors (Lipinski definition) is 1. The Morgan fingerprint density at radius 1 is 1.05 bits per heavy atom. The van der Waals surface area contributed by atoms with Gasteiger partial charge in [0.1, 0.15) is 18.5 Å². The van der Waals surface area contributed by atoms with Crippen molar-refractivity contribution in [2.75, 3.05) is 0 Å². The number of aromatic nitrogens is 5. The molecule has 7 rings (SSSR count). The fourth-order valence-corrected chi connectivity index (χ4v) is 5.93. The molecule has 0 bridgehead atoms. The molecule has 1 aliphatic heterocycles. The predicted molar refractivity (Wildman–Crippen MR) is 147 cm³/mol. The molecule has 206 valence electrons. The molecular formula is C29H30F2N8O. The van der Waals surface area contributed by atoms with E-state index < -0.39 is 11.6 Å². The maximum atomic E-state index is 13.8. The lowest BCUT2D eigenvalue weighted by Crippen LogP contribution is -2.53. The summed E-state index contributed by atoms with van der Waals surface area (Å²) in [6, 6.07) is 9.14. The van der Waals surface area contributed by atoms with Crippen LogP contribution in [0.4, 0.5) is 8.78 Å². The number of hydrogen-bond acceptors (Lipinski definition) is 7. The fraction of sp³-hybridized carbons (Fsp3) is 0.414. The van der Waals surface area contributed by atoms with Gasteiger partial charge >= 0.3 is 0 Å². The average Bonchev–Trinajstić information content (AvgIpc) is 3.54. The summed E-state index contributed by atoms with van der Waals surface area (Å²) in [6.45, 7) is 3.93. The lowest BCUT2D eigenvalue weighted by molar-refractivity contribution is -0.0557. The van der Waals surface area contributed by atoms with Crippen molar-refractivity contribution in [2.24, 2.45) is 5.10 Å². The second-order valence-corrected chi connectivity index (χ2v) is 11.4. The van der Waals surface area contributed by atoms with Crippen molar-refractivity contribution in [1.29, 1.82) is 0 Å². The Bertz CT molecular complexity index is 1700. The Kier molecular flexibility index (Phi) is 5.55. The van der Waals surface area contributed by atoms with Crippen LogP contribution in [0.5, 0.6) is 0 Å². The summed E-state index contributed by atoms with van der Waals surface area (Å²) in [6.07, 6.45) is 9.79. The van der Waals surface area contributed by atoms with Gasteiger partial charge in [0.25, 0.3) is 5.56 Å². The summed E-state index contributed by atoms with van der Waals surface area (Å²) >= 11 is 0. The number of benzene rings is 1. The van der Waals surface area contributed by atoms with Gasteiger partial charge in [-0.25, -0.2) is 23.7 Å². The van der Waals surface area contributed by atoms with Crippen LogP contribution in [0.3, 0.4) is 0 Å². The van der Waals surface area contributed by atoms with Crippen LogP contribution in [0, 0.1) is 6.92 Å². The first-order valence-electron chi connectivity index (χ1n) is 13.7. The van der Waals surface area contributed by atoms with Gasteiger partial charge in [0.05, 0.1) is 34.3 Å². The molecule has 1 unspecified atom stereocenters. The van der Waals surface area contributed by atoms with Crippen molar-refractivity contribution in [2.45, 2.75) is 75.9 Å². The number of hydrazone groups is 1. The molecule has 3 aromatic heterocycles. The molecular weight excluding hydrogens is 514 g/mol. The number of alkyl halides is 2. The van der Waals surface area contributed by atoms with Gasteiger partial charge in [-0.2, -0.15) is 5.10 Å². The molecule has 4 heterocycles. The van der Waals surface area contributed by atoms with Crippen LogP contribution in [0.2, 0.25) is 0 Å². The average molecular weight is 545 g/mol. The highest BCUT2D eigenvalue weighted by Crippen LogP contribution is 2.40. The van der Waals surface area contributed by atoms with Crippen molar-refractivity contribution in [3.8, 4) is 11.5 Å². The molecule has 1 N–H and O–H groups in total. The zero-order valence-corrected chi connectivity index (χ0v) is 22.4. The van der Waals surface area contributed by atoms with Gasteiger partial charge < -0.3 is 9.47 Å². The van der Waals surface area contributed by atoms with Crippen LogP contribution in [-0.2, 0) is 5.66 Å². The first kappa shape index (κ1) is 24.9. The summed E-state index contributed by atoms with van der Waals surface area (Å²) in [5.74, 6) is -1.66. The molecule has 2 fully saturated rings. The Morgan fingerprint density at radius 2 is 1.85 bits per heavy atom. The van der Waals surface area contributed by atoms with E-state index in [4.69, 9.17) is 4.98 Å². The normalized spacial score (nSPS) is 22.6. The third-order valence-corrected chi connectivity index (χ3v) is 8.49. The Morgan fingerprint density at radius 3 is 2.62 bits per heavy atom. The van der Waals surface area contributed by atoms with Crippen molar-refractivity contribution < 1.29 is 8.78 Å². The first-order valence-corrected chi connectivity index (χ1v) is 13.7. The molecule has 1 atom stereocenters. The Hall–Kier alpha value is -4.15. The van der Waals surface area contributed by atoms with Crippen molar-refractivity contribution in [3.63, 3.8) is 0 Å². The minimum atomic E-state index is -2.62. The first-order chi connectivity index (χ1) is 19.2. The summed E-state index contributed by atoms with van der Waals surface area (Å²) in [5, 5.41) is 4.75. The van der Waals surface area contributed by atoms with Gasteiger partial charge in [0, 0.05) is 31.0 Å². The van der Waals surface area contributed by atoms with Gasteiger partial charge in [0.2, 0.25) is 5.92 Å². The summed E-state index contributed by atoms with van der Waals surface area (Å²) in [7, 11) is 0. The smallest absolute Gasteiger partial charge is 0.267 e. The van der Waals surface area contributed by atoms with E-state index in [1.807, 2.05) is 53.8 Å². The largest absolute Gasteiger partial charge is 0.329 e. The van der Waals surface area contributed by atoms with E-state index in [0.717, 1.165) is 16.9 Å². The molecule has 1 aromatic carbocycles. The van der Waals surface area contributed by atoms with Gasteiger partial charge in [-0.05, 0) is 69.4 Å². The number of nitrogens with one attached hydrogen (secondary N) is 1. The molecule has 0 amide bonds. The molecule has 11 heteroatoms. The van der Waals surface area contributed by atoms with Gasteiger partial charge in [-0.1, -0.05) is 6.07 Å². The lowest BCUT2D eigenvalue weighted by atomic mass is 9.89. The fourth-order valence-electron chi connectivity index (χ4n) is 5.93. The van der Waals surface area contributed by atoms with E-state index in [-0.39, 0.29) is 24.4 Å². The highest BCUT2D eigenvalue weighted by atomic mass is 19.3.